The molecule has 1 aliphatic rings. The Balaban J connectivity index is 1.59. The molecule has 0 heterocycles. The van der Waals surface area contributed by atoms with Crippen LogP contribution in [0.4, 0.5) is 0 Å². The summed E-state index contributed by atoms with van der Waals surface area (Å²) in [7, 11) is 0. The van der Waals surface area contributed by atoms with Crippen molar-refractivity contribution in [2.75, 3.05) is 6.54 Å². The summed E-state index contributed by atoms with van der Waals surface area (Å²) in [5.41, 5.74) is 4.22. The van der Waals surface area contributed by atoms with Gasteiger partial charge in [-0.15, -0.1) is 0 Å². The van der Waals surface area contributed by atoms with Crippen LogP contribution in [0.15, 0.2) is 35.4 Å². The highest BCUT2D eigenvalue weighted by molar-refractivity contribution is 7.80. The lowest BCUT2D eigenvalue weighted by Gasteiger charge is -2.16. The molecule has 1 fully saturated rings. The van der Waals surface area contributed by atoms with Crippen molar-refractivity contribution in [3.8, 4) is 0 Å². The molecule has 2 rings (SSSR count). The van der Waals surface area contributed by atoms with Crippen molar-refractivity contribution < 1.29 is 0 Å². The van der Waals surface area contributed by atoms with Gasteiger partial charge in [0.05, 0.1) is 0 Å². The average Bonchev–Trinajstić information content (AvgIpc) is 2.49. The maximum atomic E-state index is 5.20. The number of hydrogen-bond acceptors (Lipinski definition) is 2. The van der Waals surface area contributed by atoms with E-state index in [2.05, 4.69) is 40.1 Å². The minimum absolute atomic E-state index is 0.605. The topological polar surface area (TPSA) is 36.4 Å². The van der Waals surface area contributed by atoms with Crippen LogP contribution < -0.4 is 10.7 Å². The molecule has 0 radical (unpaired) electrons. The van der Waals surface area contributed by atoms with Crippen LogP contribution in [0.1, 0.15) is 37.7 Å². The van der Waals surface area contributed by atoms with Gasteiger partial charge in [-0.05, 0) is 43.0 Å². The summed E-state index contributed by atoms with van der Waals surface area (Å²) in [5, 5.41) is 8.02. The predicted octanol–water partition coefficient (Wildman–Crippen LogP) is 3.26. The Morgan fingerprint density at radius 3 is 2.70 bits per heavy atom. The van der Waals surface area contributed by atoms with E-state index >= 15 is 0 Å². The van der Waals surface area contributed by atoms with E-state index in [-0.39, 0.29) is 0 Å². The molecule has 0 unspecified atom stereocenters. The van der Waals surface area contributed by atoms with Crippen LogP contribution in [0.3, 0.4) is 0 Å². The van der Waals surface area contributed by atoms with Crippen LogP contribution in [0.5, 0.6) is 0 Å². The second-order valence-corrected chi connectivity index (χ2v) is 5.69. The molecule has 20 heavy (non-hydrogen) atoms. The van der Waals surface area contributed by atoms with Crippen molar-refractivity contribution in [1.29, 1.82) is 0 Å². The molecule has 0 atom stereocenters. The number of rotatable bonds is 5. The monoisotopic (exact) mass is 289 g/mol. The van der Waals surface area contributed by atoms with Gasteiger partial charge in [0.1, 0.15) is 0 Å². The van der Waals surface area contributed by atoms with Gasteiger partial charge in [0.25, 0.3) is 0 Å². The molecule has 0 spiro atoms. The second kappa shape index (κ2) is 8.69. The van der Waals surface area contributed by atoms with E-state index in [9.17, 15) is 0 Å². The Morgan fingerprint density at radius 2 is 1.95 bits per heavy atom. The van der Waals surface area contributed by atoms with Crippen LogP contribution in [0, 0.1) is 5.92 Å². The molecule has 1 aliphatic carbocycles. The number of hydrogen-bond donors (Lipinski definition) is 2. The van der Waals surface area contributed by atoms with Crippen LogP contribution in [-0.2, 0) is 6.42 Å². The van der Waals surface area contributed by atoms with Gasteiger partial charge in [-0.25, -0.2) is 0 Å². The molecular weight excluding hydrogens is 266 g/mol. The van der Waals surface area contributed by atoms with Crippen molar-refractivity contribution >= 4 is 23.5 Å². The maximum absolute atomic E-state index is 5.20. The Morgan fingerprint density at radius 1 is 1.20 bits per heavy atom. The summed E-state index contributed by atoms with van der Waals surface area (Å²) < 4.78 is 0. The van der Waals surface area contributed by atoms with Gasteiger partial charge in [0.15, 0.2) is 5.11 Å². The van der Waals surface area contributed by atoms with Gasteiger partial charge < -0.3 is 5.32 Å². The Bertz CT molecular complexity index is 425. The number of nitrogens with zero attached hydrogens (tertiary/aromatic N) is 1. The third kappa shape index (κ3) is 5.70. The number of benzene rings is 1. The lowest BCUT2D eigenvalue weighted by Crippen LogP contribution is -2.33. The van der Waals surface area contributed by atoms with Crippen molar-refractivity contribution in [2.24, 2.45) is 11.0 Å². The van der Waals surface area contributed by atoms with Crippen LogP contribution in [0.2, 0.25) is 0 Å². The lowest BCUT2D eigenvalue weighted by molar-refractivity contribution is 0.444. The zero-order valence-corrected chi connectivity index (χ0v) is 12.7. The third-order valence-electron chi connectivity index (χ3n) is 3.64. The predicted molar refractivity (Wildman–Crippen MR) is 88.9 cm³/mol. The fourth-order valence-corrected chi connectivity index (χ4v) is 2.64. The van der Waals surface area contributed by atoms with Gasteiger partial charge in [0.2, 0.25) is 0 Å². The quantitative estimate of drug-likeness (QED) is 0.496. The molecule has 108 valence electrons. The molecule has 2 N–H and O–H groups in total. The fourth-order valence-electron chi connectivity index (χ4n) is 2.49. The first-order valence-electron chi connectivity index (χ1n) is 7.45. The van der Waals surface area contributed by atoms with Crippen molar-refractivity contribution in [3.05, 3.63) is 35.9 Å². The first-order valence-corrected chi connectivity index (χ1v) is 7.86. The maximum Gasteiger partial charge on any atom is 0.186 e. The van der Waals surface area contributed by atoms with Gasteiger partial charge in [0, 0.05) is 12.8 Å². The number of hydrazone groups is 1. The van der Waals surface area contributed by atoms with Gasteiger partial charge >= 0.3 is 0 Å². The molecule has 0 amide bonds. The summed E-state index contributed by atoms with van der Waals surface area (Å²) in [6, 6.07) is 10.4. The molecule has 0 saturated heterocycles. The average molecular weight is 289 g/mol. The molecular formula is C16H23N3S. The Kier molecular flexibility index (Phi) is 6.51. The molecule has 4 heteroatoms. The number of thiocarbonyl (C=S) groups is 1. The second-order valence-electron chi connectivity index (χ2n) is 5.28. The van der Waals surface area contributed by atoms with E-state index < -0.39 is 0 Å². The minimum atomic E-state index is 0.605. The molecule has 0 aliphatic heterocycles. The molecule has 0 aromatic heterocycles. The minimum Gasteiger partial charge on any atom is -0.361 e. The summed E-state index contributed by atoms with van der Waals surface area (Å²) in [6.07, 6.45) is 9.54. The van der Waals surface area contributed by atoms with E-state index in [0.29, 0.717) is 11.0 Å². The molecule has 3 nitrogen and oxygen atoms in total. The smallest absolute Gasteiger partial charge is 0.186 e. The molecule has 1 aromatic rings. The highest BCUT2D eigenvalue weighted by Gasteiger charge is 2.10. The highest BCUT2D eigenvalue weighted by atomic mass is 32.1. The van der Waals surface area contributed by atoms with E-state index in [1.54, 1.807) is 0 Å². The van der Waals surface area contributed by atoms with Crippen LogP contribution in [-0.4, -0.2) is 17.9 Å². The molecule has 0 bridgehead atoms. The zero-order chi connectivity index (χ0) is 14.0. The normalized spacial score (nSPS) is 16.2. The SMILES string of the molecule is S=C(NCCc1ccccc1)N/N=C\C1CCCCC1. The van der Waals surface area contributed by atoms with Crippen molar-refractivity contribution in [2.45, 2.75) is 38.5 Å². The Hall–Kier alpha value is -1.42. The summed E-state index contributed by atoms with van der Waals surface area (Å²) in [4.78, 5) is 0. The van der Waals surface area contributed by atoms with E-state index in [4.69, 9.17) is 12.2 Å². The fraction of sp³-hybridized carbons (Fsp3) is 0.500. The van der Waals surface area contributed by atoms with E-state index in [0.717, 1.165) is 13.0 Å². The highest BCUT2D eigenvalue weighted by Crippen LogP contribution is 2.21. The molecule has 1 saturated carbocycles. The largest absolute Gasteiger partial charge is 0.361 e. The third-order valence-corrected chi connectivity index (χ3v) is 3.88. The molecule has 1 aromatic carbocycles. The van der Waals surface area contributed by atoms with E-state index in [1.165, 1.54) is 37.7 Å². The van der Waals surface area contributed by atoms with Crippen LogP contribution in [0.25, 0.3) is 0 Å². The first kappa shape index (κ1) is 15.0. The van der Waals surface area contributed by atoms with Crippen molar-refractivity contribution in [3.63, 3.8) is 0 Å². The summed E-state index contributed by atoms with van der Waals surface area (Å²) >= 11 is 5.20. The summed E-state index contributed by atoms with van der Waals surface area (Å²) in [6.45, 7) is 0.828. The number of nitrogens with one attached hydrogen (secondary N) is 2. The summed E-state index contributed by atoms with van der Waals surface area (Å²) in [5.74, 6) is 0.628. The van der Waals surface area contributed by atoms with Gasteiger partial charge in [-0.2, -0.15) is 5.10 Å². The lowest BCUT2D eigenvalue weighted by atomic mass is 9.90. The van der Waals surface area contributed by atoms with Crippen molar-refractivity contribution in [1.82, 2.24) is 10.7 Å². The van der Waals surface area contributed by atoms with Gasteiger partial charge in [-0.1, -0.05) is 49.6 Å². The zero-order valence-electron chi connectivity index (χ0n) is 11.8. The standard InChI is InChI=1S/C16H23N3S/c20-16(17-12-11-14-7-3-1-4-8-14)19-18-13-15-9-5-2-6-10-15/h1,3-4,7-8,13,15H,2,5-6,9-12H2,(H2,17,19,20)/b18-13-. The first-order chi connectivity index (χ1) is 9.84. The van der Waals surface area contributed by atoms with Crippen LogP contribution >= 0.6 is 12.2 Å². The van der Waals surface area contributed by atoms with E-state index in [1.807, 2.05) is 12.3 Å². The Labute approximate surface area is 126 Å². The van der Waals surface area contributed by atoms with Gasteiger partial charge in [-0.3, -0.25) is 5.43 Å².